The maximum atomic E-state index is 13.6. The molecule has 3 rings (SSSR count). The van der Waals surface area contributed by atoms with Gasteiger partial charge in [0.05, 0.1) is 0 Å². The molecular formula is C20H23FN2O2. The van der Waals surface area contributed by atoms with E-state index in [0.29, 0.717) is 23.9 Å². The topological polar surface area (TPSA) is 50.4 Å². The molecule has 1 atom stereocenters. The minimum Gasteiger partial charge on any atom is -0.484 e. The highest BCUT2D eigenvalue weighted by molar-refractivity contribution is 5.78. The van der Waals surface area contributed by atoms with Crippen LogP contribution in [0.2, 0.25) is 0 Å². The van der Waals surface area contributed by atoms with Crippen LogP contribution in [-0.2, 0) is 11.3 Å². The Bertz CT molecular complexity index is 714. The third-order valence-corrected chi connectivity index (χ3v) is 4.25. The number of hydrogen-bond acceptors (Lipinski definition) is 3. The van der Waals surface area contributed by atoms with E-state index in [1.807, 2.05) is 37.3 Å². The van der Waals surface area contributed by atoms with Gasteiger partial charge in [0, 0.05) is 24.2 Å². The van der Waals surface area contributed by atoms with Crippen molar-refractivity contribution in [2.45, 2.75) is 38.4 Å². The van der Waals surface area contributed by atoms with Crippen molar-refractivity contribution in [2.24, 2.45) is 0 Å². The van der Waals surface area contributed by atoms with Crippen LogP contribution in [0.15, 0.2) is 48.5 Å². The van der Waals surface area contributed by atoms with Gasteiger partial charge in [0.1, 0.15) is 11.6 Å². The maximum absolute atomic E-state index is 13.6. The molecule has 1 aliphatic rings. The standard InChI is InChI=1S/C20H23FN2O2/c1-14(22-12-16-4-2-3-5-19(16)21)15-6-10-18(11-7-15)25-13-20(24)23-17-8-9-17/h2-7,10-11,14,17,22H,8-9,12-13H2,1H3,(H,23,24)/t14-/m1/s1. The van der Waals surface area contributed by atoms with Crippen molar-refractivity contribution in [2.75, 3.05) is 6.61 Å². The summed E-state index contributed by atoms with van der Waals surface area (Å²) >= 11 is 0. The van der Waals surface area contributed by atoms with Gasteiger partial charge in [-0.2, -0.15) is 0 Å². The Hall–Kier alpha value is -2.40. The lowest BCUT2D eigenvalue weighted by Gasteiger charge is -2.15. The molecule has 5 heteroatoms. The molecule has 132 valence electrons. The lowest BCUT2D eigenvalue weighted by molar-refractivity contribution is -0.123. The van der Waals surface area contributed by atoms with Gasteiger partial charge in [-0.25, -0.2) is 4.39 Å². The summed E-state index contributed by atoms with van der Waals surface area (Å²) in [5.41, 5.74) is 1.72. The number of halogens is 1. The zero-order valence-electron chi connectivity index (χ0n) is 14.3. The summed E-state index contributed by atoms with van der Waals surface area (Å²) < 4.78 is 19.1. The highest BCUT2D eigenvalue weighted by Crippen LogP contribution is 2.20. The number of hydrogen-bond donors (Lipinski definition) is 2. The second kappa shape index (κ2) is 8.12. The molecule has 1 amide bonds. The normalized spacial score (nSPS) is 14.8. The molecule has 0 bridgehead atoms. The molecule has 0 saturated heterocycles. The van der Waals surface area contributed by atoms with Crippen LogP contribution < -0.4 is 15.4 Å². The van der Waals surface area contributed by atoms with Crippen LogP contribution in [0.1, 0.15) is 36.9 Å². The fourth-order valence-electron chi connectivity index (χ4n) is 2.52. The van der Waals surface area contributed by atoms with Crippen molar-refractivity contribution in [1.82, 2.24) is 10.6 Å². The average Bonchev–Trinajstić information content (AvgIpc) is 3.43. The summed E-state index contributed by atoms with van der Waals surface area (Å²) in [6.45, 7) is 2.53. The molecule has 0 aromatic heterocycles. The van der Waals surface area contributed by atoms with Crippen LogP contribution in [0.5, 0.6) is 5.75 Å². The number of carbonyl (C=O) groups excluding carboxylic acids is 1. The van der Waals surface area contributed by atoms with Crippen LogP contribution >= 0.6 is 0 Å². The summed E-state index contributed by atoms with van der Waals surface area (Å²) in [5, 5.41) is 6.20. The van der Waals surface area contributed by atoms with Gasteiger partial charge in [-0.05, 0) is 43.5 Å². The Labute approximate surface area is 147 Å². The van der Waals surface area contributed by atoms with Gasteiger partial charge in [-0.1, -0.05) is 30.3 Å². The smallest absolute Gasteiger partial charge is 0.258 e. The fraction of sp³-hybridized carbons (Fsp3) is 0.350. The third kappa shape index (κ3) is 5.29. The fourth-order valence-corrected chi connectivity index (χ4v) is 2.52. The monoisotopic (exact) mass is 342 g/mol. The minimum atomic E-state index is -0.199. The summed E-state index contributed by atoms with van der Waals surface area (Å²) in [4.78, 5) is 11.6. The van der Waals surface area contributed by atoms with Crippen molar-refractivity contribution in [3.05, 3.63) is 65.5 Å². The first-order valence-electron chi connectivity index (χ1n) is 8.61. The first-order chi connectivity index (χ1) is 12.1. The first kappa shape index (κ1) is 17.4. The van der Waals surface area contributed by atoms with Gasteiger partial charge < -0.3 is 15.4 Å². The largest absolute Gasteiger partial charge is 0.484 e. The predicted octanol–water partition coefficient (Wildman–Crippen LogP) is 3.33. The van der Waals surface area contributed by atoms with Gasteiger partial charge in [0.2, 0.25) is 0 Å². The van der Waals surface area contributed by atoms with E-state index in [4.69, 9.17) is 4.74 Å². The number of carbonyl (C=O) groups is 1. The second-order valence-electron chi connectivity index (χ2n) is 6.39. The van der Waals surface area contributed by atoms with Crippen molar-refractivity contribution < 1.29 is 13.9 Å². The van der Waals surface area contributed by atoms with E-state index in [1.165, 1.54) is 6.07 Å². The number of nitrogens with one attached hydrogen (secondary N) is 2. The Morgan fingerprint density at radius 2 is 1.92 bits per heavy atom. The average molecular weight is 342 g/mol. The van der Waals surface area contributed by atoms with E-state index in [9.17, 15) is 9.18 Å². The molecule has 2 N–H and O–H groups in total. The molecule has 0 radical (unpaired) electrons. The van der Waals surface area contributed by atoms with Crippen molar-refractivity contribution in [1.29, 1.82) is 0 Å². The molecule has 25 heavy (non-hydrogen) atoms. The molecule has 2 aromatic carbocycles. The Morgan fingerprint density at radius 1 is 1.20 bits per heavy atom. The van der Waals surface area contributed by atoms with Gasteiger partial charge in [-0.3, -0.25) is 4.79 Å². The van der Waals surface area contributed by atoms with E-state index >= 15 is 0 Å². The van der Waals surface area contributed by atoms with Gasteiger partial charge in [0.25, 0.3) is 5.91 Å². The quantitative estimate of drug-likeness (QED) is 0.774. The van der Waals surface area contributed by atoms with Crippen LogP contribution in [0.3, 0.4) is 0 Å². The zero-order valence-corrected chi connectivity index (χ0v) is 14.3. The Kier molecular flexibility index (Phi) is 5.66. The van der Waals surface area contributed by atoms with Crippen LogP contribution in [0.25, 0.3) is 0 Å². The van der Waals surface area contributed by atoms with Crippen molar-refractivity contribution in [3.8, 4) is 5.75 Å². The van der Waals surface area contributed by atoms with Gasteiger partial charge in [-0.15, -0.1) is 0 Å². The lowest BCUT2D eigenvalue weighted by atomic mass is 10.1. The number of amides is 1. The summed E-state index contributed by atoms with van der Waals surface area (Å²) in [6.07, 6.45) is 2.14. The molecule has 0 spiro atoms. The van der Waals surface area contributed by atoms with E-state index in [1.54, 1.807) is 12.1 Å². The Morgan fingerprint density at radius 3 is 2.60 bits per heavy atom. The highest BCUT2D eigenvalue weighted by atomic mass is 19.1. The summed E-state index contributed by atoms with van der Waals surface area (Å²) in [6, 6.07) is 14.8. The van der Waals surface area contributed by atoms with Crippen LogP contribution in [-0.4, -0.2) is 18.6 Å². The molecule has 0 aliphatic heterocycles. The number of benzene rings is 2. The molecule has 1 saturated carbocycles. The predicted molar refractivity (Wildman–Crippen MR) is 94.8 cm³/mol. The second-order valence-corrected chi connectivity index (χ2v) is 6.39. The summed E-state index contributed by atoms with van der Waals surface area (Å²) in [7, 11) is 0. The van der Waals surface area contributed by atoms with Crippen LogP contribution in [0, 0.1) is 5.82 Å². The van der Waals surface area contributed by atoms with Gasteiger partial charge in [0.15, 0.2) is 6.61 Å². The van der Waals surface area contributed by atoms with E-state index in [2.05, 4.69) is 10.6 Å². The third-order valence-electron chi connectivity index (χ3n) is 4.25. The molecule has 1 aliphatic carbocycles. The number of rotatable bonds is 8. The first-order valence-corrected chi connectivity index (χ1v) is 8.61. The molecule has 4 nitrogen and oxygen atoms in total. The Balaban J connectivity index is 1.47. The molecule has 0 unspecified atom stereocenters. The maximum Gasteiger partial charge on any atom is 0.258 e. The molecule has 0 heterocycles. The zero-order chi connectivity index (χ0) is 17.6. The molecule has 2 aromatic rings. The molecular weight excluding hydrogens is 319 g/mol. The minimum absolute atomic E-state index is 0.0386. The van der Waals surface area contributed by atoms with Crippen LogP contribution in [0.4, 0.5) is 4.39 Å². The van der Waals surface area contributed by atoms with Gasteiger partial charge >= 0.3 is 0 Å². The van der Waals surface area contributed by atoms with E-state index in [-0.39, 0.29) is 24.4 Å². The van der Waals surface area contributed by atoms with E-state index in [0.717, 1.165) is 18.4 Å². The number of ether oxygens (including phenoxy) is 1. The molecule has 1 fully saturated rings. The van der Waals surface area contributed by atoms with E-state index < -0.39 is 0 Å². The lowest BCUT2D eigenvalue weighted by Crippen LogP contribution is -2.30. The van der Waals surface area contributed by atoms with Crippen molar-refractivity contribution >= 4 is 5.91 Å². The van der Waals surface area contributed by atoms with Crippen molar-refractivity contribution in [3.63, 3.8) is 0 Å². The highest BCUT2D eigenvalue weighted by Gasteiger charge is 2.23. The summed E-state index contributed by atoms with van der Waals surface area (Å²) in [5.74, 6) is 0.387. The SMILES string of the molecule is C[C@@H](NCc1ccccc1F)c1ccc(OCC(=O)NC2CC2)cc1.